The number of piperidine rings is 1. The second-order valence-electron chi connectivity index (χ2n) is 8.84. The number of hydrogen-bond acceptors (Lipinski definition) is 8. The zero-order valence-electron chi connectivity index (χ0n) is 21.0. The summed E-state index contributed by atoms with van der Waals surface area (Å²) >= 11 is 0. The molecule has 1 aromatic rings. The fourth-order valence-electron chi connectivity index (χ4n) is 3.94. The van der Waals surface area contributed by atoms with Crippen LogP contribution in [0.5, 0.6) is 0 Å². The molecule has 10 nitrogen and oxygen atoms in total. The van der Waals surface area contributed by atoms with Gasteiger partial charge in [0.25, 0.3) is 0 Å². The highest BCUT2D eigenvalue weighted by molar-refractivity contribution is 5.92. The van der Waals surface area contributed by atoms with E-state index < -0.39 is 11.7 Å². The molecule has 0 radical (unpaired) electrons. The predicted octanol–water partition coefficient (Wildman–Crippen LogP) is 1.99. The average Bonchev–Trinajstić information content (AvgIpc) is 2.84. The van der Waals surface area contributed by atoms with Crippen LogP contribution in [0.2, 0.25) is 0 Å². The molecule has 1 fully saturated rings. The van der Waals surface area contributed by atoms with E-state index in [2.05, 4.69) is 10.5 Å². The largest absolute Gasteiger partial charge is 0.416 e. The smallest absolute Gasteiger partial charge is 0.403 e. The molecule has 0 aliphatic carbocycles. The Morgan fingerprint density at radius 3 is 2.59 bits per heavy atom. The van der Waals surface area contributed by atoms with Gasteiger partial charge in [-0.25, -0.2) is 11.0 Å². The lowest BCUT2D eigenvalue weighted by Crippen LogP contribution is -2.37. The van der Waals surface area contributed by atoms with Gasteiger partial charge >= 0.3 is 6.18 Å². The van der Waals surface area contributed by atoms with Crippen molar-refractivity contribution in [2.45, 2.75) is 45.3 Å². The van der Waals surface area contributed by atoms with Gasteiger partial charge in [0.1, 0.15) is 5.84 Å². The molecule has 1 aliphatic heterocycles. The SMILES string of the molecule is C/C(N)=N/N(N)Cc1cc(C(F)(F)F)ccc1/C=C/C(=O)N1CCC(CCOCC/C(=C/N)NN)CC1. The molecule has 1 aliphatic rings. The monoisotopic (exact) mass is 526 g/mol. The average molecular weight is 527 g/mol. The van der Waals surface area contributed by atoms with Gasteiger partial charge in [-0.2, -0.15) is 13.2 Å². The minimum absolute atomic E-state index is 0.119. The molecule has 0 bridgehead atoms. The number of hydrazone groups is 1. The Labute approximate surface area is 215 Å². The first-order valence-corrected chi connectivity index (χ1v) is 12.0. The molecule has 0 saturated carbocycles. The van der Waals surface area contributed by atoms with Crippen molar-refractivity contribution in [2.24, 2.45) is 34.2 Å². The van der Waals surface area contributed by atoms with Crippen LogP contribution in [0.1, 0.15) is 49.3 Å². The van der Waals surface area contributed by atoms with Crippen LogP contribution in [0.15, 0.2) is 41.3 Å². The Morgan fingerprint density at radius 1 is 1.30 bits per heavy atom. The maximum atomic E-state index is 13.2. The third-order valence-corrected chi connectivity index (χ3v) is 5.99. The van der Waals surface area contributed by atoms with E-state index in [-0.39, 0.29) is 23.9 Å². The fourth-order valence-corrected chi connectivity index (χ4v) is 3.94. The third-order valence-electron chi connectivity index (χ3n) is 5.99. The molecule has 1 saturated heterocycles. The van der Waals surface area contributed by atoms with Gasteiger partial charge in [0.2, 0.25) is 5.91 Å². The Balaban J connectivity index is 1.92. The predicted molar refractivity (Wildman–Crippen MR) is 136 cm³/mol. The number of ether oxygens (including phenoxy) is 1. The van der Waals surface area contributed by atoms with Crippen molar-refractivity contribution in [3.05, 3.63) is 52.9 Å². The van der Waals surface area contributed by atoms with Crippen molar-refractivity contribution in [3.8, 4) is 0 Å². The molecule has 206 valence electrons. The second kappa shape index (κ2) is 14.4. The first kappa shape index (κ1) is 29.9. The number of carbonyl (C=O) groups is 1. The second-order valence-corrected chi connectivity index (χ2v) is 8.84. The molecule has 2 rings (SSSR count). The van der Waals surface area contributed by atoms with Gasteiger partial charge < -0.3 is 26.5 Å². The minimum Gasteiger partial charge on any atom is -0.403 e. The van der Waals surface area contributed by atoms with Crippen molar-refractivity contribution in [1.29, 1.82) is 0 Å². The van der Waals surface area contributed by atoms with E-state index in [1.807, 2.05) is 0 Å². The zero-order valence-corrected chi connectivity index (χ0v) is 21.0. The van der Waals surface area contributed by atoms with E-state index in [0.717, 1.165) is 36.5 Å². The number of nitrogens with one attached hydrogen (secondary N) is 1. The summed E-state index contributed by atoms with van der Waals surface area (Å²) in [5.41, 5.74) is 14.0. The number of hydrazine groups is 2. The van der Waals surface area contributed by atoms with Crippen LogP contribution in [0.3, 0.4) is 0 Å². The maximum absolute atomic E-state index is 13.2. The molecule has 1 heterocycles. The van der Waals surface area contributed by atoms with Crippen molar-refractivity contribution >= 4 is 17.8 Å². The van der Waals surface area contributed by atoms with Crippen LogP contribution in [0, 0.1) is 5.92 Å². The van der Waals surface area contributed by atoms with E-state index in [4.69, 9.17) is 27.9 Å². The number of alkyl halides is 3. The summed E-state index contributed by atoms with van der Waals surface area (Å²) in [5.74, 6) is 11.5. The number of amides is 1. The molecule has 0 unspecified atom stereocenters. The van der Waals surface area contributed by atoms with Crippen LogP contribution >= 0.6 is 0 Å². The van der Waals surface area contributed by atoms with Gasteiger partial charge in [0.15, 0.2) is 0 Å². The number of likely N-dealkylation sites (tertiary alicyclic amines) is 1. The number of nitrogens with zero attached hydrogens (tertiary/aromatic N) is 3. The lowest BCUT2D eigenvalue weighted by Gasteiger charge is -2.31. The topological polar surface area (TPSA) is 161 Å². The molecule has 9 N–H and O–H groups in total. The normalized spacial score (nSPS) is 15.9. The van der Waals surface area contributed by atoms with Gasteiger partial charge in [0, 0.05) is 44.1 Å². The molecule has 0 atom stereocenters. The molecular formula is C24H37F3N8O2. The number of benzene rings is 1. The summed E-state index contributed by atoms with van der Waals surface area (Å²) in [4.78, 5) is 14.5. The highest BCUT2D eigenvalue weighted by atomic mass is 19.4. The summed E-state index contributed by atoms with van der Waals surface area (Å²) in [7, 11) is 0. The summed E-state index contributed by atoms with van der Waals surface area (Å²) in [6.07, 6.45) is 2.98. The first-order valence-electron chi connectivity index (χ1n) is 12.0. The molecular weight excluding hydrogens is 489 g/mol. The molecule has 13 heteroatoms. The number of amidine groups is 1. The van der Waals surface area contributed by atoms with Gasteiger partial charge in [0.05, 0.1) is 18.7 Å². The highest BCUT2D eigenvalue weighted by Gasteiger charge is 2.31. The summed E-state index contributed by atoms with van der Waals surface area (Å²) < 4.78 is 45.3. The van der Waals surface area contributed by atoms with Crippen molar-refractivity contribution in [2.75, 3.05) is 26.3 Å². The lowest BCUT2D eigenvalue weighted by atomic mass is 9.94. The number of carbonyl (C=O) groups excluding carboxylic acids is 1. The Morgan fingerprint density at radius 2 is 2.00 bits per heavy atom. The zero-order chi connectivity index (χ0) is 27.4. The van der Waals surface area contributed by atoms with Crippen LogP contribution in [0.4, 0.5) is 13.2 Å². The van der Waals surface area contributed by atoms with E-state index in [1.165, 1.54) is 31.3 Å². The van der Waals surface area contributed by atoms with Crippen molar-refractivity contribution in [3.63, 3.8) is 0 Å². The summed E-state index contributed by atoms with van der Waals surface area (Å²) in [5, 5.41) is 4.79. The van der Waals surface area contributed by atoms with E-state index in [9.17, 15) is 18.0 Å². The molecule has 1 amide bonds. The van der Waals surface area contributed by atoms with Crippen LogP contribution in [-0.4, -0.2) is 48.1 Å². The van der Waals surface area contributed by atoms with Crippen molar-refractivity contribution in [1.82, 2.24) is 15.4 Å². The van der Waals surface area contributed by atoms with E-state index in [1.54, 1.807) is 4.90 Å². The standard InChI is InChI=1S/C24H37F3N8O2/c1-17(29)33-35(31)16-20-14-21(24(25,26)27)4-2-19(20)3-5-23(36)34-10-6-18(7-11-34)8-12-37-13-9-22(15-28)32-30/h2-5,14-15,18,32H,6-13,16,28,30-31H2,1H3,(H2,29,33)/b5-3+,22-15-. The number of hydrogen-bond donors (Lipinski definition) is 5. The fraction of sp³-hybridized carbons (Fsp3) is 0.500. The Hall–Kier alpha value is -3.29. The number of rotatable bonds is 12. The molecule has 1 aromatic carbocycles. The van der Waals surface area contributed by atoms with Crippen LogP contribution < -0.4 is 28.6 Å². The first-order chi connectivity index (χ1) is 17.5. The number of halogens is 3. The highest BCUT2D eigenvalue weighted by Crippen LogP contribution is 2.31. The maximum Gasteiger partial charge on any atom is 0.416 e. The van der Waals surface area contributed by atoms with Crippen molar-refractivity contribution < 1.29 is 22.7 Å². The van der Waals surface area contributed by atoms with E-state index in [0.29, 0.717) is 49.9 Å². The summed E-state index contributed by atoms with van der Waals surface area (Å²) in [6.45, 7) is 3.73. The quantitative estimate of drug-likeness (QED) is 0.0690. The third kappa shape index (κ3) is 10.3. The Kier molecular flexibility index (Phi) is 11.7. The molecule has 0 spiro atoms. The van der Waals surface area contributed by atoms with Gasteiger partial charge in [-0.05, 0) is 61.4 Å². The van der Waals surface area contributed by atoms with Crippen LogP contribution in [0.25, 0.3) is 6.08 Å². The molecule has 37 heavy (non-hydrogen) atoms. The lowest BCUT2D eigenvalue weighted by molar-refractivity contribution is -0.137. The Bertz CT molecular complexity index is 969. The van der Waals surface area contributed by atoms with E-state index >= 15 is 0 Å². The van der Waals surface area contributed by atoms with Gasteiger partial charge in [-0.1, -0.05) is 6.07 Å². The molecule has 0 aromatic heterocycles. The summed E-state index contributed by atoms with van der Waals surface area (Å²) in [6, 6.07) is 3.29. The number of nitrogens with two attached hydrogens (primary N) is 4. The minimum atomic E-state index is -4.51. The van der Waals surface area contributed by atoms with Crippen LogP contribution in [-0.2, 0) is 22.3 Å². The van der Waals surface area contributed by atoms with Gasteiger partial charge in [-0.3, -0.25) is 10.6 Å². The van der Waals surface area contributed by atoms with Gasteiger partial charge in [-0.15, -0.1) is 5.10 Å².